The second kappa shape index (κ2) is 7.82. The normalized spacial score (nSPS) is 10.4. The molecule has 2 aromatic rings. The van der Waals surface area contributed by atoms with Crippen LogP contribution >= 0.6 is 11.3 Å². The molecule has 2 rings (SSSR count). The number of likely N-dealkylation sites (N-methyl/N-ethyl adjacent to an activating group) is 1. The molecule has 3 nitrogen and oxygen atoms in total. The zero-order chi connectivity index (χ0) is 14.2. The van der Waals surface area contributed by atoms with Crippen LogP contribution in [0.1, 0.15) is 20.8 Å². The molecule has 0 aliphatic rings. The molecule has 0 atom stereocenters. The molecule has 4 heteroatoms. The Morgan fingerprint density at radius 1 is 1.10 bits per heavy atom. The average Bonchev–Trinajstić information content (AvgIpc) is 2.98. The summed E-state index contributed by atoms with van der Waals surface area (Å²) in [6.07, 6.45) is 1.76. The lowest BCUT2D eigenvalue weighted by atomic mass is 10.0. The molecule has 1 amide bonds. The Morgan fingerprint density at radius 2 is 1.95 bits per heavy atom. The van der Waals surface area contributed by atoms with Crippen molar-refractivity contribution in [3.05, 3.63) is 57.8 Å². The third kappa shape index (κ3) is 4.18. The topological polar surface area (TPSA) is 41.1 Å². The van der Waals surface area contributed by atoms with Gasteiger partial charge in [-0.3, -0.25) is 4.79 Å². The van der Waals surface area contributed by atoms with Gasteiger partial charge < -0.3 is 10.6 Å². The monoisotopic (exact) mass is 288 g/mol. The van der Waals surface area contributed by atoms with Crippen LogP contribution in [0.15, 0.2) is 41.8 Å². The van der Waals surface area contributed by atoms with Crippen LogP contribution in [0, 0.1) is 0 Å². The van der Waals surface area contributed by atoms with Crippen LogP contribution < -0.4 is 10.6 Å². The minimum absolute atomic E-state index is 0.0215. The lowest BCUT2D eigenvalue weighted by molar-refractivity contribution is 0.0953. The number of thiophene rings is 1. The van der Waals surface area contributed by atoms with Crippen LogP contribution in [0.2, 0.25) is 0 Å². The number of benzene rings is 1. The number of amides is 1. The average molecular weight is 288 g/mol. The van der Waals surface area contributed by atoms with Gasteiger partial charge in [0.25, 0.3) is 5.91 Å². The summed E-state index contributed by atoms with van der Waals surface area (Å²) in [5, 5.41) is 8.17. The summed E-state index contributed by atoms with van der Waals surface area (Å²) in [5.41, 5.74) is 1.88. The minimum atomic E-state index is 0.0215. The summed E-state index contributed by atoms with van der Waals surface area (Å²) in [6.45, 7) is 1.55. The molecule has 0 aliphatic carbocycles. The molecule has 0 spiro atoms. The van der Waals surface area contributed by atoms with Gasteiger partial charge in [0.05, 0.1) is 0 Å². The van der Waals surface area contributed by atoms with E-state index in [9.17, 15) is 4.79 Å². The summed E-state index contributed by atoms with van der Waals surface area (Å²) < 4.78 is 0. The number of carbonyl (C=O) groups excluding carboxylic acids is 1. The maximum atomic E-state index is 12.2. The second-order valence-electron chi connectivity index (χ2n) is 4.60. The smallest absolute Gasteiger partial charge is 0.251 e. The Hall–Kier alpha value is -1.65. The molecule has 0 bridgehead atoms. The summed E-state index contributed by atoms with van der Waals surface area (Å²) in [4.78, 5) is 13.5. The van der Waals surface area contributed by atoms with Gasteiger partial charge in [0.2, 0.25) is 0 Å². The first-order valence-electron chi connectivity index (χ1n) is 6.84. The standard InChI is InChI=1S/C16H20N2OS/c1-17-10-8-13-5-2-3-7-15(13)16(19)18-11-9-14-6-4-12-20-14/h2-7,12,17H,8-11H2,1H3,(H,18,19). The van der Waals surface area contributed by atoms with Crippen LogP contribution in [0.5, 0.6) is 0 Å². The molecule has 1 aromatic carbocycles. The van der Waals surface area contributed by atoms with E-state index in [2.05, 4.69) is 22.1 Å². The van der Waals surface area contributed by atoms with Crippen molar-refractivity contribution in [3.8, 4) is 0 Å². The summed E-state index contributed by atoms with van der Waals surface area (Å²) in [6, 6.07) is 11.9. The second-order valence-corrected chi connectivity index (χ2v) is 5.63. The van der Waals surface area contributed by atoms with Crippen molar-refractivity contribution >= 4 is 17.2 Å². The van der Waals surface area contributed by atoms with E-state index in [0.717, 1.165) is 30.5 Å². The van der Waals surface area contributed by atoms with Gasteiger partial charge in [-0.05, 0) is 49.5 Å². The first-order valence-corrected chi connectivity index (χ1v) is 7.72. The van der Waals surface area contributed by atoms with Crippen molar-refractivity contribution in [3.63, 3.8) is 0 Å². The van der Waals surface area contributed by atoms with Gasteiger partial charge in [0.15, 0.2) is 0 Å². The van der Waals surface area contributed by atoms with Gasteiger partial charge in [-0.25, -0.2) is 0 Å². The molecule has 0 saturated heterocycles. The van der Waals surface area contributed by atoms with E-state index in [1.807, 2.05) is 37.4 Å². The SMILES string of the molecule is CNCCc1ccccc1C(=O)NCCc1cccs1. The molecule has 0 unspecified atom stereocenters. The third-order valence-corrected chi connectivity index (χ3v) is 4.08. The maximum Gasteiger partial charge on any atom is 0.251 e. The lowest BCUT2D eigenvalue weighted by Crippen LogP contribution is -2.27. The molecule has 20 heavy (non-hydrogen) atoms. The molecular weight excluding hydrogens is 268 g/mol. The van der Waals surface area contributed by atoms with Crippen LogP contribution in [-0.2, 0) is 12.8 Å². The van der Waals surface area contributed by atoms with Crippen LogP contribution in [0.3, 0.4) is 0 Å². The number of hydrogen-bond acceptors (Lipinski definition) is 3. The van der Waals surface area contributed by atoms with Crippen molar-refractivity contribution in [1.82, 2.24) is 10.6 Å². The molecule has 0 radical (unpaired) electrons. The van der Waals surface area contributed by atoms with Gasteiger partial charge in [-0.2, -0.15) is 0 Å². The zero-order valence-electron chi connectivity index (χ0n) is 11.7. The van der Waals surface area contributed by atoms with E-state index >= 15 is 0 Å². The first-order chi connectivity index (χ1) is 9.81. The highest BCUT2D eigenvalue weighted by atomic mass is 32.1. The molecule has 0 saturated carbocycles. The van der Waals surface area contributed by atoms with E-state index < -0.39 is 0 Å². The van der Waals surface area contributed by atoms with Gasteiger partial charge in [-0.15, -0.1) is 11.3 Å². The Kier molecular flexibility index (Phi) is 5.77. The molecule has 0 fully saturated rings. The molecule has 106 valence electrons. The number of nitrogens with one attached hydrogen (secondary N) is 2. The third-order valence-electron chi connectivity index (χ3n) is 3.14. The van der Waals surface area contributed by atoms with E-state index in [4.69, 9.17) is 0 Å². The van der Waals surface area contributed by atoms with Crippen LogP contribution in [-0.4, -0.2) is 26.0 Å². The van der Waals surface area contributed by atoms with E-state index in [-0.39, 0.29) is 5.91 Å². The summed E-state index contributed by atoms with van der Waals surface area (Å²) in [5.74, 6) is 0.0215. The van der Waals surface area contributed by atoms with E-state index in [1.54, 1.807) is 11.3 Å². The van der Waals surface area contributed by atoms with E-state index in [1.165, 1.54) is 4.88 Å². The molecular formula is C16H20N2OS. The predicted octanol–water partition coefficient (Wildman–Crippen LogP) is 2.48. The van der Waals surface area contributed by atoms with Gasteiger partial charge >= 0.3 is 0 Å². The van der Waals surface area contributed by atoms with Crippen LogP contribution in [0.4, 0.5) is 0 Å². The van der Waals surface area contributed by atoms with E-state index in [0.29, 0.717) is 6.54 Å². The number of rotatable bonds is 7. The fourth-order valence-corrected chi connectivity index (χ4v) is 2.78. The fourth-order valence-electron chi connectivity index (χ4n) is 2.07. The summed E-state index contributed by atoms with van der Waals surface area (Å²) >= 11 is 1.73. The first kappa shape index (κ1) is 14.8. The van der Waals surface area contributed by atoms with Crippen molar-refractivity contribution in [2.45, 2.75) is 12.8 Å². The Balaban J connectivity index is 1.91. The van der Waals surface area contributed by atoms with Crippen LogP contribution in [0.25, 0.3) is 0 Å². The lowest BCUT2D eigenvalue weighted by Gasteiger charge is -2.09. The predicted molar refractivity (Wildman–Crippen MR) is 84.4 cm³/mol. The Bertz CT molecular complexity index is 537. The zero-order valence-corrected chi connectivity index (χ0v) is 12.5. The maximum absolute atomic E-state index is 12.2. The molecule has 0 aliphatic heterocycles. The largest absolute Gasteiger partial charge is 0.352 e. The molecule has 1 aromatic heterocycles. The van der Waals surface area contributed by atoms with Gasteiger partial charge in [0, 0.05) is 17.0 Å². The van der Waals surface area contributed by atoms with Gasteiger partial charge in [0.1, 0.15) is 0 Å². The number of carbonyl (C=O) groups is 1. The highest BCUT2D eigenvalue weighted by Crippen LogP contribution is 2.10. The molecule has 2 N–H and O–H groups in total. The van der Waals surface area contributed by atoms with Crippen molar-refractivity contribution < 1.29 is 4.79 Å². The highest BCUT2D eigenvalue weighted by molar-refractivity contribution is 7.09. The molecule has 1 heterocycles. The van der Waals surface area contributed by atoms with Gasteiger partial charge in [-0.1, -0.05) is 24.3 Å². The highest BCUT2D eigenvalue weighted by Gasteiger charge is 2.09. The summed E-state index contributed by atoms with van der Waals surface area (Å²) in [7, 11) is 1.92. The Labute approximate surface area is 124 Å². The van der Waals surface area contributed by atoms with Crippen molar-refractivity contribution in [1.29, 1.82) is 0 Å². The minimum Gasteiger partial charge on any atom is -0.352 e. The number of hydrogen-bond donors (Lipinski definition) is 2. The van der Waals surface area contributed by atoms with Crippen molar-refractivity contribution in [2.24, 2.45) is 0 Å². The van der Waals surface area contributed by atoms with Crippen molar-refractivity contribution in [2.75, 3.05) is 20.1 Å². The quantitative estimate of drug-likeness (QED) is 0.822. The Morgan fingerprint density at radius 3 is 2.70 bits per heavy atom. The fraction of sp³-hybridized carbons (Fsp3) is 0.312.